The van der Waals surface area contributed by atoms with E-state index in [2.05, 4.69) is 17.0 Å². The van der Waals surface area contributed by atoms with Crippen LogP contribution in [0.4, 0.5) is 0 Å². The molecule has 0 unspecified atom stereocenters. The second-order valence-corrected chi connectivity index (χ2v) is 4.91. The Balaban J connectivity index is 2.40. The average molecular weight is 304 g/mol. The van der Waals surface area contributed by atoms with Crippen LogP contribution in [0.2, 0.25) is 0 Å². The van der Waals surface area contributed by atoms with Gasteiger partial charge in [-0.25, -0.2) is 0 Å². The van der Waals surface area contributed by atoms with Crippen LogP contribution >= 0.6 is 12.2 Å². The van der Waals surface area contributed by atoms with Gasteiger partial charge in [-0.1, -0.05) is 6.08 Å². The maximum absolute atomic E-state index is 12.4. The van der Waals surface area contributed by atoms with Gasteiger partial charge in [-0.15, -0.1) is 6.58 Å². The Morgan fingerprint density at radius 3 is 2.76 bits per heavy atom. The van der Waals surface area contributed by atoms with E-state index in [1.807, 2.05) is 13.8 Å². The summed E-state index contributed by atoms with van der Waals surface area (Å²) in [5.41, 5.74) is 1.68. The van der Waals surface area contributed by atoms with E-state index in [4.69, 9.17) is 12.2 Å². The van der Waals surface area contributed by atoms with Crippen LogP contribution in [0.25, 0.3) is 6.08 Å². The number of carbonyl (C=O) groups is 2. The normalized spacial score (nSPS) is 17.3. The molecule has 2 heterocycles. The lowest BCUT2D eigenvalue weighted by atomic mass is 10.1. The third-order valence-corrected chi connectivity index (χ3v) is 3.56. The predicted molar refractivity (Wildman–Crippen MR) is 83.3 cm³/mol. The summed E-state index contributed by atoms with van der Waals surface area (Å²) < 4.78 is 1.80. The molecule has 0 spiro atoms. The van der Waals surface area contributed by atoms with Crippen molar-refractivity contribution in [2.24, 2.45) is 0 Å². The molecule has 1 aliphatic heterocycles. The molecule has 110 valence electrons. The maximum atomic E-state index is 12.4. The Morgan fingerprint density at radius 2 is 2.19 bits per heavy atom. The average Bonchev–Trinajstić information content (AvgIpc) is 2.80. The first kappa shape index (κ1) is 15.1. The second-order valence-electron chi connectivity index (χ2n) is 4.52. The molecule has 0 bridgehead atoms. The Kier molecular flexibility index (Phi) is 4.32. The molecule has 21 heavy (non-hydrogen) atoms. The van der Waals surface area contributed by atoms with Gasteiger partial charge in [0.2, 0.25) is 0 Å². The summed E-state index contributed by atoms with van der Waals surface area (Å²) in [5, 5.41) is 6.80. The molecule has 0 aromatic carbocycles. The highest BCUT2D eigenvalue weighted by atomic mass is 32.1. The first-order valence-electron chi connectivity index (χ1n) is 6.51. The fraction of sp³-hybridized carbons (Fsp3) is 0.286. The zero-order chi connectivity index (χ0) is 15.6. The van der Waals surface area contributed by atoms with E-state index in [1.54, 1.807) is 23.0 Å². The van der Waals surface area contributed by atoms with Crippen molar-refractivity contribution in [2.45, 2.75) is 20.4 Å². The van der Waals surface area contributed by atoms with Crippen molar-refractivity contribution in [3.8, 4) is 0 Å². The number of thiocarbonyl (C=S) groups is 1. The number of nitrogens with zero attached hydrogens (tertiary/aromatic N) is 3. The van der Waals surface area contributed by atoms with Crippen LogP contribution in [0, 0.1) is 6.92 Å². The van der Waals surface area contributed by atoms with Crippen LogP contribution in [-0.2, 0) is 16.1 Å². The van der Waals surface area contributed by atoms with Gasteiger partial charge in [-0.2, -0.15) is 5.10 Å². The van der Waals surface area contributed by atoms with Gasteiger partial charge in [0.05, 0.1) is 6.20 Å². The topological polar surface area (TPSA) is 67.2 Å². The molecule has 0 saturated carbocycles. The Bertz CT molecular complexity index is 660. The molecule has 1 aromatic rings. The summed E-state index contributed by atoms with van der Waals surface area (Å²) in [6.45, 7) is 8.42. The van der Waals surface area contributed by atoms with Gasteiger partial charge in [0, 0.05) is 24.3 Å². The van der Waals surface area contributed by atoms with E-state index in [-0.39, 0.29) is 17.2 Å². The molecule has 2 rings (SSSR count). The molecule has 1 saturated heterocycles. The smallest absolute Gasteiger partial charge is 0.265 e. The zero-order valence-electron chi connectivity index (χ0n) is 11.9. The van der Waals surface area contributed by atoms with Gasteiger partial charge in [0.15, 0.2) is 5.11 Å². The third kappa shape index (κ3) is 2.78. The standard InChI is InChI=1S/C14H16N4O2S/c1-4-6-17-13(20)11(12(19)16-14(17)21)7-10-8-15-18(5-2)9(10)3/h4,7-8H,1,5-6H2,2-3H3,(H,16,19,21)/b11-7-. The number of hydrogen-bond acceptors (Lipinski definition) is 4. The quantitative estimate of drug-likeness (QED) is 0.390. The highest BCUT2D eigenvalue weighted by molar-refractivity contribution is 7.80. The largest absolute Gasteiger partial charge is 0.298 e. The SMILES string of the molecule is C=CCN1C(=O)/C(=C\c2cnn(CC)c2C)C(=O)NC1=S. The number of aromatic nitrogens is 2. The highest BCUT2D eigenvalue weighted by Crippen LogP contribution is 2.17. The van der Waals surface area contributed by atoms with Crippen molar-refractivity contribution in [3.05, 3.63) is 35.7 Å². The van der Waals surface area contributed by atoms with Gasteiger partial charge < -0.3 is 0 Å². The first-order valence-corrected chi connectivity index (χ1v) is 6.92. The second kappa shape index (κ2) is 6.01. The minimum atomic E-state index is -0.492. The van der Waals surface area contributed by atoms with Crippen LogP contribution in [0.5, 0.6) is 0 Å². The predicted octanol–water partition coefficient (Wildman–Crippen LogP) is 1.02. The Morgan fingerprint density at radius 1 is 1.48 bits per heavy atom. The summed E-state index contributed by atoms with van der Waals surface area (Å²) in [5.74, 6) is -0.916. The summed E-state index contributed by atoms with van der Waals surface area (Å²) in [6.07, 6.45) is 4.74. The van der Waals surface area contributed by atoms with Crippen LogP contribution in [0.15, 0.2) is 24.4 Å². The lowest BCUT2D eigenvalue weighted by molar-refractivity contribution is -0.128. The van der Waals surface area contributed by atoms with Crippen molar-refractivity contribution < 1.29 is 9.59 Å². The number of nitrogens with one attached hydrogen (secondary N) is 1. The molecule has 1 aliphatic rings. The van der Waals surface area contributed by atoms with Gasteiger partial charge in [0.1, 0.15) is 5.57 Å². The molecule has 1 fully saturated rings. The van der Waals surface area contributed by atoms with Crippen molar-refractivity contribution in [1.82, 2.24) is 20.0 Å². The zero-order valence-corrected chi connectivity index (χ0v) is 12.7. The Hall–Kier alpha value is -2.28. The summed E-state index contributed by atoms with van der Waals surface area (Å²) in [4.78, 5) is 25.7. The van der Waals surface area contributed by atoms with E-state index >= 15 is 0 Å². The molecule has 1 aromatic heterocycles. The number of carbonyl (C=O) groups excluding carboxylic acids is 2. The lowest BCUT2D eigenvalue weighted by Crippen LogP contribution is -2.53. The minimum absolute atomic E-state index is 0.0456. The van der Waals surface area contributed by atoms with Gasteiger partial charge in [0.25, 0.3) is 11.8 Å². The lowest BCUT2D eigenvalue weighted by Gasteiger charge is -2.27. The number of hydrogen-bond donors (Lipinski definition) is 1. The van der Waals surface area contributed by atoms with Crippen molar-refractivity contribution in [3.63, 3.8) is 0 Å². The maximum Gasteiger partial charge on any atom is 0.265 e. The van der Waals surface area contributed by atoms with Crippen LogP contribution in [0.1, 0.15) is 18.2 Å². The van der Waals surface area contributed by atoms with Crippen molar-refractivity contribution >= 4 is 35.2 Å². The molecular formula is C14H16N4O2S. The summed E-state index contributed by atoms with van der Waals surface area (Å²) >= 11 is 4.99. The summed E-state index contributed by atoms with van der Waals surface area (Å²) in [6, 6.07) is 0. The molecule has 7 heteroatoms. The van der Waals surface area contributed by atoms with Crippen LogP contribution in [0.3, 0.4) is 0 Å². The molecule has 0 aliphatic carbocycles. The summed E-state index contributed by atoms with van der Waals surface area (Å²) in [7, 11) is 0. The molecule has 1 N–H and O–H groups in total. The third-order valence-electron chi connectivity index (χ3n) is 3.24. The fourth-order valence-electron chi connectivity index (χ4n) is 2.07. The molecule has 0 radical (unpaired) electrons. The van der Waals surface area contributed by atoms with E-state index in [0.29, 0.717) is 0 Å². The van der Waals surface area contributed by atoms with Crippen LogP contribution in [-0.4, -0.2) is 38.2 Å². The number of aryl methyl sites for hydroxylation is 1. The monoisotopic (exact) mass is 304 g/mol. The number of amides is 2. The van der Waals surface area contributed by atoms with Gasteiger partial charge >= 0.3 is 0 Å². The first-order chi connectivity index (χ1) is 9.99. The van der Waals surface area contributed by atoms with E-state index < -0.39 is 11.8 Å². The van der Waals surface area contributed by atoms with E-state index in [1.165, 1.54) is 4.90 Å². The molecule has 0 atom stereocenters. The van der Waals surface area contributed by atoms with Gasteiger partial charge in [-0.3, -0.25) is 24.5 Å². The Labute approximate surface area is 128 Å². The minimum Gasteiger partial charge on any atom is -0.298 e. The van der Waals surface area contributed by atoms with Gasteiger partial charge in [-0.05, 0) is 32.1 Å². The van der Waals surface area contributed by atoms with Crippen LogP contribution < -0.4 is 5.32 Å². The van der Waals surface area contributed by atoms with E-state index in [9.17, 15) is 9.59 Å². The molecule has 2 amide bonds. The highest BCUT2D eigenvalue weighted by Gasteiger charge is 2.32. The number of rotatable bonds is 4. The van der Waals surface area contributed by atoms with Crippen molar-refractivity contribution in [2.75, 3.05) is 6.54 Å². The fourth-order valence-corrected chi connectivity index (χ4v) is 2.32. The molecular weight excluding hydrogens is 288 g/mol. The molecule has 6 nitrogen and oxygen atoms in total. The van der Waals surface area contributed by atoms with E-state index in [0.717, 1.165) is 17.8 Å². The van der Waals surface area contributed by atoms with Crippen molar-refractivity contribution in [1.29, 1.82) is 0 Å².